The first-order valence-corrected chi connectivity index (χ1v) is 7.85. The Morgan fingerprint density at radius 2 is 1.95 bits per heavy atom. The summed E-state index contributed by atoms with van der Waals surface area (Å²) in [6.45, 7) is 6.84. The van der Waals surface area contributed by atoms with Gasteiger partial charge in [-0.3, -0.25) is 0 Å². The van der Waals surface area contributed by atoms with Crippen molar-refractivity contribution in [1.82, 2.24) is 9.55 Å². The Morgan fingerprint density at radius 1 is 1.26 bits per heavy atom. The Bertz CT molecular complexity index is 551. The van der Waals surface area contributed by atoms with Crippen LogP contribution in [0, 0.1) is 5.41 Å². The van der Waals surface area contributed by atoms with E-state index in [9.17, 15) is 0 Å². The molecule has 2 nitrogen and oxygen atoms in total. The highest BCUT2D eigenvalue weighted by atomic mass is 79.9. The average molecular weight is 323 g/mol. The molecule has 1 aromatic heterocycles. The number of alkyl halides is 1. The summed E-state index contributed by atoms with van der Waals surface area (Å²) in [5, 5.41) is 0. The largest absolute Gasteiger partial charge is 0.331 e. The molecule has 0 N–H and O–H groups in total. The summed E-state index contributed by atoms with van der Waals surface area (Å²) in [6.07, 6.45) is 3.40. The Morgan fingerprint density at radius 3 is 2.58 bits per heavy atom. The van der Waals surface area contributed by atoms with Gasteiger partial charge in [-0.1, -0.05) is 48.8 Å². The summed E-state index contributed by atoms with van der Waals surface area (Å²) in [5.41, 5.74) is 2.65. The van der Waals surface area contributed by atoms with Crippen molar-refractivity contribution >= 4 is 27.0 Å². The predicted octanol–water partition coefficient (Wildman–Crippen LogP) is 4.71. The van der Waals surface area contributed by atoms with Crippen LogP contribution in [-0.2, 0) is 13.5 Å². The Kier molecular flexibility index (Phi) is 4.34. The van der Waals surface area contributed by atoms with Crippen LogP contribution in [0.25, 0.3) is 11.0 Å². The minimum atomic E-state index is 0.326. The highest BCUT2D eigenvalue weighted by Gasteiger charge is 2.21. The molecule has 0 aliphatic heterocycles. The van der Waals surface area contributed by atoms with Crippen molar-refractivity contribution in [3.05, 3.63) is 30.1 Å². The van der Waals surface area contributed by atoms with Crippen LogP contribution in [0.1, 0.15) is 39.4 Å². The highest BCUT2D eigenvalue weighted by Crippen LogP contribution is 2.30. The second-order valence-corrected chi connectivity index (χ2v) is 7.41. The number of rotatable bonds is 4. The number of fused-ring (bicyclic) bond motifs is 1. The van der Waals surface area contributed by atoms with E-state index < -0.39 is 0 Å². The molecule has 0 aliphatic rings. The zero-order valence-electron chi connectivity index (χ0n) is 12.3. The van der Waals surface area contributed by atoms with Gasteiger partial charge in [-0.25, -0.2) is 4.98 Å². The standard InChI is InChI=1S/C16H23BrN2/c1-16(2,3)14(17)10-7-11-15-18-12-8-5-6-9-13(12)19(15)4/h5-6,8-9,14H,7,10-11H2,1-4H3. The molecule has 0 radical (unpaired) electrons. The van der Waals surface area contributed by atoms with Gasteiger partial charge >= 0.3 is 0 Å². The molecule has 2 aromatic rings. The van der Waals surface area contributed by atoms with E-state index in [2.05, 4.69) is 66.5 Å². The third-order valence-corrected chi connectivity index (χ3v) is 5.51. The highest BCUT2D eigenvalue weighted by molar-refractivity contribution is 9.09. The van der Waals surface area contributed by atoms with E-state index >= 15 is 0 Å². The van der Waals surface area contributed by atoms with Crippen molar-refractivity contribution in [1.29, 1.82) is 0 Å². The maximum absolute atomic E-state index is 4.72. The smallest absolute Gasteiger partial charge is 0.109 e. The number of benzene rings is 1. The van der Waals surface area contributed by atoms with E-state index in [4.69, 9.17) is 4.98 Å². The van der Waals surface area contributed by atoms with Gasteiger partial charge in [0.2, 0.25) is 0 Å². The van der Waals surface area contributed by atoms with Crippen LogP contribution in [-0.4, -0.2) is 14.4 Å². The summed E-state index contributed by atoms with van der Waals surface area (Å²) in [4.78, 5) is 5.28. The van der Waals surface area contributed by atoms with Gasteiger partial charge in [0.1, 0.15) is 5.82 Å². The zero-order chi connectivity index (χ0) is 14.0. The Hall–Kier alpha value is -0.830. The van der Waals surface area contributed by atoms with E-state index in [1.807, 2.05) is 6.07 Å². The lowest BCUT2D eigenvalue weighted by Gasteiger charge is -2.25. The van der Waals surface area contributed by atoms with Crippen LogP contribution >= 0.6 is 15.9 Å². The molecule has 1 aromatic carbocycles. The number of para-hydroxylation sites is 2. The van der Waals surface area contributed by atoms with Crippen molar-refractivity contribution in [2.45, 2.75) is 44.9 Å². The van der Waals surface area contributed by atoms with Gasteiger partial charge in [-0.15, -0.1) is 0 Å². The summed E-state index contributed by atoms with van der Waals surface area (Å²) >= 11 is 3.80. The van der Waals surface area contributed by atoms with Gasteiger partial charge in [-0.2, -0.15) is 0 Å². The Labute approximate surface area is 124 Å². The van der Waals surface area contributed by atoms with Gasteiger partial charge in [0.25, 0.3) is 0 Å². The molecule has 1 atom stereocenters. The van der Waals surface area contributed by atoms with E-state index in [-0.39, 0.29) is 0 Å². The van der Waals surface area contributed by atoms with Crippen molar-refractivity contribution in [3.8, 4) is 0 Å². The molecule has 0 saturated heterocycles. The summed E-state index contributed by atoms with van der Waals surface area (Å²) in [5.74, 6) is 1.19. The zero-order valence-corrected chi connectivity index (χ0v) is 13.9. The Balaban J connectivity index is 2.01. The lowest BCUT2D eigenvalue weighted by molar-refractivity contribution is 0.379. The van der Waals surface area contributed by atoms with E-state index in [0.29, 0.717) is 10.2 Å². The fourth-order valence-electron chi connectivity index (χ4n) is 2.29. The van der Waals surface area contributed by atoms with E-state index in [1.165, 1.54) is 24.2 Å². The van der Waals surface area contributed by atoms with Gasteiger partial charge in [-0.05, 0) is 30.4 Å². The average Bonchev–Trinajstić information content (AvgIpc) is 2.66. The summed E-state index contributed by atoms with van der Waals surface area (Å²) < 4.78 is 2.22. The molecular formula is C16H23BrN2. The SMILES string of the molecule is Cn1c(CCCC(Br)C(C)(C)C)nc2ccccc21. The van der Waals surface area contributed by atoms with Gasteiger partial charge < -0.3 is 4.57 Å². The lowest BCUT2D eigenvalue weighted by atomic mass is 9.89. The predicted molar refractivity (Wildman–Crippen MR) is 85.8 cm³/mol. The molecule has 1 unspecified atom stereocenters. The third kappa shape index (κ3) is 3.38. The van der Waals surface area contributed by atoms with E-state index in [1.54, 1.807) is 0 Å². The van der Waals surface area contributed by atoms with Crippen LogP contribution in [0.3, 0.4) is 0 Å². The van der Waals surface area contributed by atoms with Gasteiger partial charge in [0.05, 0.1) is 11.0 Å². The first kappa shape index (κ1) is 14.6. The van der Waals surface area contributed by atoms with Crippen molar-refractivity contribution < 1.29 is 0 Å². The number of hydrogen-bond donors (Lipinski definition) is 0. The minimum absolute atomic E-state index is 0.326. The first-order valence-electron chi connectivity index (χ1n) is 6.94. The fourth-order valence-corrected chi connectivity index (χ4v) is 2.62. The third-order valence-electron chi connectivity index (χ3n) is 3.68. The maximum Gasteiger partial charge on any atom is 0.109 e. The summed E-state index contributed by atoms with van der Waals surface area (Å²) in [7, 11) is 2.11. The van der Waals surface area contributed by atoms with Crippen LogP contribution in [0.4, 0.5) is 0 Å². The van der Waals surface area contributed by atoms with Gasteiger partial charge in [0, 0.05) is 18.3 Å². The van der Waals surface area contributed by atoms with Crippen molar-refractivity contribution in [2.75, 3.05) is 0 Å². The summed E-state index contributed by atoms with van der Waals surface area (Å²) in [6, 6.07) is 8.34. The number of aromatic nitrogens is 2. The van der Waals surface area contributed by atoms with Crippen LogP contribution in [0.15, 0.2) is 24.3 Å². The maximum atomic E-state index is 4.72. The van der Waals surface area contributed by atoms with E-state index in [0.717, 1.165) is 11.9 Å². The van der Waals surface area contributed by atoms with Crippen molar-refractivity contribution in [3.63, 3.8) is 0 Å². The number of hydrogen-bond acceptors (Lipinski definition) is 1. The molecule has 0 fully saturated rings. The molecule has 0 bridgehead atoms. The number of aryl methyl sites for hydroxylation is 2. The quantitative estimate of drug-likeness (QED) is 0.745. The molecule has 0 aliphatic carbocycles. The second kappa shape index (κ2) is 5.66. The number of nitrogens with zero attached hydrogens (tertiary/aromatic N) is 2. The number of imidazole rings is 1. The molecule has 1 heterocycles. The lowest BCUT2D eigenvalue weighted by Crippen LogP contribution is -2.20. The van der Waals surface area contributed by atoms with Crippen molar-refractivity contribution in [2.24, 2.45) is 12.5 Å². The first-order chi connectivity index (χ1) is 8.89. The number of halogens is 1. The molecule has 0 spiro atoms. The van der Waals surface area contributed by atoms with Crippen LogP contribution in [0.2, 0.25) is 0 Å². The van der Waals surface area contributed by atoms with Gasteiger partial charge in [0.15, 0.2) is 0 Å². The molecular weight excluding hydrogens is 300 g/mol. The van der Waals surface area contributed by atoms with Crippen LogP contribution < -0.4 is 0 Å². The molecule has 3 heteroatoms. The monoisotopic (exact) mass is 322 g/mol. The molecule has 0 amide bonds. The molecule has 19 heavy (non-hydrogen) atoms. The minimum Gasteiger partial charge on any atom is -0.331 e. The molecule has 2 rings (SSSR count). The fraction of sp³-hybridized carbons (Fsp3) is 0.562. The topological polar surface area (TPSA) is 17.8 Å². The molecule has 104 valence electrons. The second-order valence-electron chi connectivity index (χ2n) is 6.30. The normalized spacial score (nSPS) is 13.9. The molecule has 0 saturated carbocycles. The van der Waals surface area contributed by atoms with Crippen LogP contribution in [0.5, 0.6) is 0 Å².